The Kier molecular flexibility index (Phi) is 7.36. The molecule has 4 nitrogen and oxygen atoms in total. The van der Waals surface area contributed by atoms with Gasteiger partial charge in [-0.2, -0.15) is 0 Å². The van der Waals surface area contributed by atoms with E-state index in [9.17, 15) is 14.0 Å². The van der Waals surface area contributed by atoms with Crippen LogP contribution in [-0.4, -0.2) is 28.8 Å². The van der Waals surface area contributed by atoms with Crippen molar-refractivity contribution >= 4 is 23.4 Å². The molecule has 0 aliphatic carbocycles. The average Bonchev–Trinajstić information content (AvgIpc) is 2.61. The molecular weight excluding hydrogens is 367 g/mol. The Morgan fingerprint density at radius 2 is 1.63 bits per heavy atom. The van der Waals surface area contributed by atoms with Gasteiger partial charge in [-0.05, 0) is 44.0 Å². The van der Waals surface area contributed by atoms with Gasteiger partial charge in [0.15, 0.2) is 0 Å². The molecule has 0 saturated heterocycles. The standard InChI is InChI=1S/C21H24ClFN2O2/c1-14(2)24-21(27)15(3)25(13-17-9-4-6-10-18(17)22)20(26)12-16-8-5-7-11-19(16)23/h4-11,14-15H,12-13H2,1-3H3,(H,24,27). The van der Waals surface area contributed by atoms with Gasteiger partial charge in [0, 0.05) is 17.6 Å². The van der Waals surface area contributed by atoms with Crippen LogP contribution in [0.5, 0.6) is 0 Å². The van der Waals surface area contributed by atoms with E-state index in [1.807, 2.05) is 19.9 Å². The van der Waals surface area contributed by atoms with Gasteiger partial charge in [-0.25, -0.2) is 4.39 Å². The van der Waals surface area contributed by atoms with Crippen LogP contribution in [0.1, 0.15) is 31.9 Å². The summed E-state index contributed by atoms with van der Waals surface area (Å²) in [5.74, 6) is -1.05. The Balaban J connectivity index is 2.27. The van der Waals surface area contributed by atoms with E-state index in [4.69, 9.17) is 11.6 Å². The van der Waals surface area contributed by atoms with Crippen molar-refractivity contribution in [3.63, 3.8) is 0 Å². The molecule has 0 radical (unpaired) electrons. The molecule has 6 heteroatoms. The van der Waals surface area contributed by atoms with Crippen LogP contribution in [0.3, 0.4) is 0 Å². The molecule has 0 aliphatic rings. The summed E-state index contributed by atoms with van der Waals surface area (Å²) in [5.41, 5.74) is 1.02. The fraction of sp³-hybridized carbons (Fsp3) is 0.333. The van der Waals surface area contributed by atoms with Crippen LogP contribution < -0.4 is 5.32 Å². The van der Waals surface area contributed by atoms with E-state index in [-0.39, 0.29) is 30.8 Å². The fourth-order valence-electron chi connectivity index (χ4n) is 2.70. The average molecular weight is 391 g/mol. The molecule has 27 heavy (non-hydrogen) atoms. The highest BCUT2D eigenvalue weighted by Crippen LogP contribution is 2.20. The SMILES string of the molecule is CC(C)NC(=O)C(C)N(Cc1ccccc1Cl)C(=O)Cc1ccccc1F. The minimum absolute atomic E-state index is 0.0521. The number of carbonyl (C=O) groups excluding carboxylic acids is 2. The first-order valence-corrected chi connectivity index (χ1v) is 9.24. The second-order valence-electron chi connectivity index (χ2n) is 6.72. The van der Waals surface area contributed by atoms with Crippen molar-refractivity contribution in [2.75, 3.05) is 0 Å². The van der Waals surface area contributed by atoms with E-state index < -0.39 is 11.9 Å². The van der Waals surface area contributed by atoms with Crippen molar-refractivity contribution in [1.82, 2.24) is 10.2 Å². The molecule has 144 valence electrons. The van der Waals surface area contributed by atoms with Gasteiger partial charge in [0.2, 0.25) is 11.8 Å². The van der Waals surface area contributed by atoms with E-state index in [2.05, 4.69) is 5.32 Å². The van der Waals surface area contributed by atoms with Crippen LogP contribution in [0.4, 0.5) is 4.39 Å². The molecule has 0 heterocycles. The number of nitrogens with zero attached hydrogens (tertiary/aromatic N) is 1. The number of hydrogen-bond acceptors (Lipinski definition) is 2. The number of halogens is 2. The van der Waals surface area contributed by atoms with Crippen LogP contribution in [0.25, 0.3) is 0 Å². The molecule has 1 atom stereocenters. The Hall–Kier alpha value is -2.40. The highest BCUT2D eigenvalue weighted by molar-refractivity contribution is 6.31. The predicted molar refractivity (Wildman–Crippen MR) is 105 cm³/mol. The maximum absolute atomic E-state index is 14.0. The number of rotatable bonds is 7. The van der Waals surface area contributed by atoms with Crippen LogP contribution >= 0.6 is 11.6 Å². The van der Waals surface area contributed by atoms with E-state index in [1.165, 1.54) is 11.0 Å². The van der Waals surface area contributed by atoms with Crippen molar-refractivity contribution in [3.8, 4) is 0 Å². The third-order valence-electron chi connectivity index (χ3n) is 4.20. The summed E-state index contributed by atoms with van der Waals surface area (Å²) >= 11 is 6.23. The van der Waals surface area contributed by atoms with Crippen LogP contribution in [0, 0.1) is 5.82 Å². The summed E-state index contributed by atoms with van der Waals surface area (Å²) in [7, 11) is 0. The van der Waals surface area contributed by atoms with Gasteiger partial charge in [0.25, 0.3) is 0 Å². The molecule has 2 aromatic rings. The second-order valence-corrected chi connectivity index (χ2v) is 7.13. The number of amides is 2. The summed E-state index contributed by atoms with van der Waals surface area (Å²) in [6.45, 7) is 5.53. The van der Waals surface area contributed by atoms with Gasteiger partial charge in [0.05, 0.1) is 6.42 Å². The van der Waals surface area contributed by atoms with Gasteiger partial charge in [0.1, 0.15) is 11.9 Å². The smallest absolute Gasteiger partial charge is 0.242 e. The molecule has 0 saturated carbocycles. The zero-order chi connectivity index (χ0) is 20.0. The zero-order valence-corrected chi connectivity index (χ0v) is 16.5. The summed E-state index contributed by atoms with van der Waals surface area (Å²) in [6.07, 6.45) is -0.129. The van der Waals surface area contributed by atoms with Crippen molar-refractivity contribution in [1.29, 1.82) is 0 Å². The molecule has 2 amide bonds. The Labute approximate surface area is 164 Å². The van der Waals surface area contributed by atoms with Crippen LogP contribution in [0.15, 0.2) is 48.5 Å². The van der Waals surface area contributed by atoms with E-state index in [0.29, 0.717) is 10.6 Å². The van der Waals surface area contributed by atoms with Crippen molar-refractivity contribution in [3.05, 3.63) is 70.5 Å². The van der Waals surface area contributed by atoms with Crippen molar-refractivity contribution in [2.24, 2.45) is 0 Å². The molecule has 0 aromatic heterocycles. The van der Waals surface area contributed by atoms with E-state index >= 15 is 0 Å². The lowest BCUT2D eigenvalue weighted by molar-refractivity contribution is -0.140. The lowest BCUT2D eigenvalue weighted by Gasteiger charge is -2.29. The molecule has 0 aliphatic heterocycles. The van der Waals surface area contributed by atoms with Crippen molar-refractivity contribution in [2.45, 2.75) is 45.8 Å². The van der Waals surface area contributed by atoms with Crippen LogP contribution in [0.2, 0.25) is 5.02 Å². The lowest BCUT2D eigenvalue weighted by Crippen LogP contribution is -2.49. The quantitative estimate of drug-likeness (QED) is 0.777. The summed E-state index contributed by atoms with van der Waals surface area (Å²) in [6, 6.07) is 12.5. The normalized spacial score (nSPS) is 11.9. The fourth-order valence-corrected chi connectivity index (χ4v) is 2.90. The van der Waals surface area contributed by atoms with Gasteiger partial charge in [-0.1, -0.05) is 48.0 Å². The molecule has 0 bridgehead atoms. The minimum atomic E-state index is -0.719. The monoisotopic (exact) mass is 390 g/mol. The number of hydrogen-bond donors (Lipinski definition) is 1. The number of nitrogens with one attached hydrogen (secondary N) is 1. The van der Waals surface area contributed by atoms with Gasteiger partial charge >= 0.3 is 0 Å². The Morgan fingerprint density at radius 1 is 1.04 bits per heavy atom. The Bertz CT molecular complexity index is 810. The molecule has 0 fully saturated rings. The van der Waals surface area contributed by atoms with Crippen LogP contribution in [-0.2, 0) is 22.6 Å². The number of carbonyl (C=O) groups is 2. The maximum Gasteiger partial charge on any atom is 0.242 e. The molecular formula is C21H24ClFN2O2. The van der Waals surface area contributed by atoms with E-state index in [0.717, 1.165) is 5.56 Å². The molecule has 2 aromatic carbocycles. The first kappa shape index (κ1) is 20.9. The number of benzene rings is 2. The Morgan fingerprint density at radius 3 is 2.22 bits per heavy atom. The largest absolute Gasteiger partial charge is 0.352 e. The summed E-state index contributed by atoms with van der Waals surface area (Å²) < 4.78 is 14.0. The van der Waals surface area contributed by atoms with E-state index in [1.54, 1.807) is 43.3 Å². The highest BCUT2D eigenvalue weighted by Gasteiger charge is 2.27. The molecule has 2 rings (SSSR count). The van der Waals surface area contributed by atoms with Gasteiger partial charge < -0.3 is 10.2 Å². The second kappa shape index (κ2) is 9.51. The first-order valence-electron chi connectivity index (χ1n) is 8.86. The minimum Gasteiger partial charge on any atom is -0.352 e. The highest BCUT2D eigenvalue weighted by atomic mass is 35.5. The van der Waals surface area contributed by atoms with Crippen molar-refractivity contribution < 1.29 is 14.0 Å². The first-order chi connectivity index (χ1) is 12.8. The summed E-state index contributed by atoms with van der Waals surface area (Å²) in [5, 5.41) is 3.33. The molecule has 1 N–H and O–H groups in total. The maximum atomic E-state index is 14.0. The third kappa shape index (κ3) is 5.79. The molecule has 1 unspecified atom stereocenters. The lowest BCUT2D eigenvalue weighted by atomic mass is 10.1. The summed E-state index contributed by atoms with van der Waals surface area (Å²) in [4.78, 5) is 26.9. The van der Waals surface area contributed by atoms with Gasteiger partial charge in [-0.3, -0.25) is 9.59 Å². The molecule has 0 spiro atoms. The third-order valence-corrected chi connectivity index (χ3v) is 4.57. The topological polar surface area (TPSA) is 49.4 Å². The zero-order valence-electron chi connectivity index (χ0n) is 15.7. The van der Waals surface area contributed by atoms with Gasteiger partial charge in [-0.15, -0.1) is 0 Å². The predicted octanol–water partition coefficient (Wildman–Crippen LogP) is 3.96.